The van der Waals surface area contributed by atoms with Crippen LogP contribution in [0.1, 0.15) is 12.0 Å². The zero-order valence-corrected chi connectivity index (χ0v) is 14.8. The third-order valence-corrected chi connectivity index (χ3v) is 3.80. The number of amides is 2. The van der Waals surface area contributed by atoms with Crippen molar-refractivity contribution in [2.24, 2.45) is 15.7 Å². The largest absolute Gasteiger partial charge is 0.369 e. The number of anilines is 2. The van der Waals surface area contributed by atoms with Crippen molar-refractivity contribution in [3.63, 3.8) is 0 Å². The second-order valence-electron chi connectivity index (χ2n) is 6.06. The van der Waals surface area contributed by atoms with Crippen LogP contribution in [0.3, 0.4) is 0 Å². The molecule has 0 radical (unpaired) electrons. The zero-order chi connectivity index (χ0) is 19.2. The number of rotatable bonds is 4. The maximum Gasteiger partial charge on any atom is 0.252 e. The van der Waals surface area contributed by atoms with Gasteiger partial charge in [0.15, 0.2) is 0 Å². The second kappa shape index (κ2) is 8.13. The van der Waals surface area contributed by atoms with E-state index in [2.05, 4.69) is 25.9 Å². The second-order valence-corrected chi connectivity index (χ2v) is 6.06. The predicted molar refractivity (Wildman–Crippen MR) is 105 cm³/mol. The van der Waals surface area contributed by atoms with E-state index in [9.17, 15) is 9.59 Å². The lowest BCUT2D eigenvalue weighted by Gasteiger charge is -2.06. The van der Waals surface area contributed by atoms with E-state index < -0.39 is 6.04 Å². The van der Waals surface area contributed by atoms with Crippen LogP contribution in [0.15, 0.2) is 64.6 Å². The number of carbonyl (C=O) groups excluding carboxylic acids is 2. The summed E-state index contributed by atoms with van der Waals surface area (Å²) in [6.45, 7) is 1.98. The molecule has 1 heterocycles. The van der Waals surface area contributed by atoms with Gasteiger partial charge in [-0.15, -0.1) is 0 Å². The predicted octanol–water partition coefficient (Wildman–Crippen LogP) is 1.60. The molecule has 8 nitrogen and oxygen atoms in total. The van der Waals surface area contributed by atoms with Crippen molar-refractivity contribution < 1.29 is 9.59 Å². The van der Waals surface area contributed by atoms with Crippen molar-refractivity contribution >= 4 is 35.1 Å². The maximum atomic E-state index is 12.1. The fraction of sp³-hybridized carbons (Fsp3) is 0.158. The Kier molecular flexibility index (Phi) is 5.46. The minimum Gasteiger partial charge on any atom is -0.369 e. The SMILES string of the molecule is Cc1ccc(NC(N)=NC2=N[C@@H](CC(=O)Nc3ccccc3)C(=O)N2)cc1. The number of nitrogens with two attached hydrogens (primary N) is 1. The molecule has 5 N–H and O–H groups in total. The quantitative estimate of drug-likeness (QED) is 0.486. The van der Waals surface area contributed by atoms with Crippen LogP contribution in [-0.4, -0.2) is 29.8 Å². The summed E-state index contributed by atoms with van der Waals surface area (Å²) in [5, 5.41) is 8.16. The van der Waals surface area contributed by atoms with Gasteiger partial charge in [0.05, 0.1) is 6.42 Å². The molecule has 0 aliphatic carbocycles. The first-order chi connectivity index (χ1) is 13.0. The van der Waals surface area contributed by atoms with E-state index in [1.807, 2.05) is 49.4 Å². The number of nitrogens with zero attached hydrogens (tertiary/aromatic N) is 2. The first-order valence-corrected chi connectivity index (χ1v) is 8.41. The number of benzene rings is 2. The summed E-state index contributed by atoms with van der Waals surface area (Å²) in [7, 11) is 0. The molecule has 8 heteroatoms. The Morgan fingerprint density at radius 2 is 1.78 bits per heavy atom. The van der Waals surface area contributed by atoms with Crippen LogP contribution in [0.2, 0.25) is 0 Å². The molecule has 0 fully saturated rings. The number of hydrogen-bond donors (Lipinski definition) is 4. The molecule has 1 aliphatic rings. The highest BCUT2D eigenvalue weighted by molar-refractivity contribution is 6.11. The molecule has 0 spiro atoms. The zero-order valence-electron chi connectivity index (χ0n) is 14.8. The van der Waals surface area contributed by atoms with Crippen molar-refractivity contribution in [3.05, 3.63) is 60.2 Å². The Hall–Kier alpha value is -3.68. The molecule has 0 bridgehead atoms. The lowest BCUT2D eigenvalue weighted by molar-refractivity contribution is -0.123. The number of aryl methyl sites for hydroxylation is 1. The van der Waals surface area contributed by atoms with Gasteiger partial charge in [-0.1, -0.05) is 35.9 Å². The Balaban J connectivity index is 1.59. The molecule has 0 saturated heterocycles. The highest BCUT2D eigenvalue weighted by atomic mass is 16.2. The normalized spacial score (nSPS) is 16.5. The van der Waals surface area contributed by atoms with Crippen LogP contribution in [0.4, 0.5) is 11.4 Å². The van der Waals surface area contributed by atoms with Gasteiger partial charge in [0.1, 0.15) is 6.04 Å². The summed E-state index contributed by atoms with van der Waals surface area (Å²) < 4.78 is 0. The summed E-state index contributed by atoms with van der Waals surface area (Å²) in [5.41, 5.74) is 8.40. The van der Waals surface area contributed by atoms with Gasteiger partial charge in [-0.3, -0.25) is 14.9 Å². The van der Waals surface area contributed by atoms with E-state index >= 15 is 0 Å². The molecule has 27 heavy (non-hydrogen) atoms. The summed E-state index contributed by atoms with van der Waals surface area (Å²) in [6, 6.07) is 15.8. The summed E-state index contributed by atoms with van der Waals surface area (Å²) in [4.78, 5) is 32.3. The molecule has 2 aromatic carbocycles. The third kappa shape index (κ3) is 5.15. The molecular formula is C19H20N6O2. The minimum absolute atomic E-state index is 0.0783. The summed E-state index contributed by atoms with van der Waals surface area (Å²) in [6.07, 6.45) is -0.0783. The average molecular weight is 364 g/mol. The Morgan fingerprint density at radius 3 is 2.48 bits per heavy atom. The van der Waals surface area contributed by atoms with Crippen LogP contribution in [0.5, 0.6) is 0 Å². The number of nitrogens with one attached hydrogen (secondary N) is 3. The number of guanidine groups is 2. The Morgan fingerprint density at radius 1 is 1.11 bits per heavy atom. The van der Waals surface area contributed by atoms with Gasteiger partial charge >= 0.3 is 0 Å². The topological polar surface area (TPSA) is 121 Å². The van der Waals surface area contributed by atoms with E-state index in [1.54, 1.807) is 12.1 Å². The number of para-hydroxylation sites is 1. The smallest absolute Gasteiger partial charge is 0.252 e. The van der Waals surface area contributed by atoms with Gasteiger partial charge in [-0.25, -0.2) is 4.99 Å². The Bertz CT molecular complexity index is 890. The van der Waals surface area contributed by atoms with Crippen molar-refractivity contribution in [1.29, 1.82) is 0 Å². The molecule has 0 saturated carbocycles. The summed E-state index contributed by atoms with van der Waals surface area (Å²) >= 11 is 0. The van der Waals surface area contributed by atoms with E-state index in [0.29, 0.717) is 5.69 Å². The monoisotopic (exact) mass is 364 g/mol. The molecule has 2 aromatic rings. The van der Waals surface area contributed by atoms with Crippen LogP contribution in [-0.2, 0) is 9.59 Å². The fourth-order valence-corrected chi connectivity index (χ4v) is 2.46. The molecule has 0 unspecified atom stereocenters. The van der Waals surface area contributed by atoms with E-state index in [1.165, 1.54) is 0 Å². The first-order valence-electron chi connectivity index (χ1n) is 8.41. The number of hydrogen-bond acceptors (Lipinski definition) is 4. The fourth-order valence-electron chi connectivity index (χ4n) is 2.46. The molecule has 0 aromatic heterocycles. The van der Waals surface area contributed by atoms with Crippen LogP contribution in [0.25, 0.3) is 0 Å². The molecule has 1 aliphatic heterocycles. The molecule has 138 valence electrons. The molecule has 2 amide bonds. The van der Waals surface area contributed by atoms with Crippen molar-refractivity contribution in [2.75, 3.05) is 10.6 Å². The van der Waals surface area contributed by atoms with Crippen LogP contribution in [0, 0.1) is 6.92 Å². The first kappa shape index (κ1) is 18.1. The molecule has 3 rings (SSSR count). The lowest BCUT2D eigenvalue weighted by atomic mass is 10.2. The Labute approximate surface area is 156 Å². The van der Waals surface area contributed by atoms with Gasteiger partial charge in [-0.05, 0) is 31.2 Å². The van der Waals surface area contributed by atoms with E-state index in [4.69, 9.17) is 5.73 Å². The van der Waals surface area contributed by atoms with Crippen molar-refractivity contribution in [2.45, 2.75) is 19.4 Å². The maximum absolute atomic E-state index is 12.1. The van der Waals surface area contributed by atoms with Crippen LogP contribution >= 0.6 is 0 Å². The van der Waals surface area contributed by atoms with Crippen LogP contribution < -0.4 is 21.7 Å². The molecule has 1 atom stereocenters. The number of carbonyl (C=O) groups is 2. The highest BCUT2D eigenvalue weighted by Gasteiger charge is 2.28. The molecular weight excluding hydrogens is 344 g/mol. The lowest BCUT2D eigenvalue weighted by Crippen LogP contribution is -2.32. The summed E-state index contributed by atoms with van der Waals surface area (Å²) in [5.74, 6) is -0.525. The number of aliphatic imine (C=N–C) groups is 2. The highest BCUT2D eigenvalue weighted by Crippen LogP contribution is 2.11. The van der Waals surface area contributed by atoms with Crippen molar-refractivity contribution in [1.82, 2.24) is 5.32 Å². The average Bonchev–Trinajstić information content (AvgIpc) is 2.96. The van der Waals surface area contributed by atoms with Gasteiger partial charge in [0.2, 0.25) is 17.8 Å². The minimum atomic E-state index is -0.834. The third-order valence-electron chi connectivity index (χ3n) is 3.80. The standard InChI is InChI=1S/C19H20N6O2/c1-12-7-9-14(10-8-12)22-18(20)25-19-23-15(17(27)24-19)11-16(26)21-13-5-3-2-4-6-13/h2-10,15H,11H2,1H3,(H,21,26)(H4,20,22,23,24,25,27)/t15-/m0/s1. The van der Waals surface area contributed by atoms with Gasteiger partial charge in [0.25, 0.3) is 5.91 Å². The van der Waals surface area contributed by atoms with Gasteiger partial charge in [0, 0.05) is 11.4 Å². The van der Waals surface area contributed by atoms with Gasteiger partial charge in [-0.2, -0.15) is 4.99 Å². The van der Waals surface area contributed by atoms with E-state index in [0.717, 1.165) is 11.3 Å². The van der Waals surface area contributed by atoms with Gasteiger partial charge < -0.3 is 16.4 Å². The van der Waals surface area contributed by atoms with Crippen molar-refractivity contribution in [3.8, 4) is 0 Å². The van der Waals surface area contributed by atoms with E-state index in [-0.39, 0.29) is 30.2 Å².